The lowest BCUT2D eigenvalue weighted by Gasteiger charge is -2.34. The second-order valence-corrected chi connectivity index (χ2v) is 6.14. The summed E-state index contributed by atoms with van der Waals surface area (Å²) in [5, 5.41) is 8.61. The quantitative estimate of drug-likeness (QED) is 0.617. The monoisotopic (exact) mass is 306 g/mol. The molecule has 3 N–H and O–H groups in total. The van der Waals surface area contributed by atoms with Gasteiger partial charge < -0.3 is 20.5 Å². The van der Waals surface area contributed by atoms with E-state index in [4.69, 9.17) is 15.6 Å². The van der Waals surface area contributed by atoms with Crippen LogP contribution < -0.4 is 5.73 Å². The smallest absolute Gasteiger partial charge is 0.320 e. The molecule has 1 unspecified atom stereocenters. The van der Waals surface area contributed by atoms with Crippen LogP contribution in [-0.4, -0.2) is 61.1 Å². The van der Waals surface area contributed by atoms with Crippen LogP contribution in [0.25, 0.3) is 0 Å². The summed E-state index contributed by atoms with van der Waals surface area (Å²) in [5.74, 6) is -1.53. The molecule has 0 spiro atoms. The molecule has 1 atom stereocenters. The Morgan fingerprint density at radius 3 is 2.60 bits per heavy atom. The summed E-state index contributed by atoms with van der Waals surface area (Å²) < 4.78 is 26.6. The minimum Gasteiger partial charge on any atom is -0.480 e. The second-order valence-electron chi connectivity index (χ2n) is 5.21. The predicted octanol–water partition coefficient (Wildman–Crippen LogP) is -1.32. The van der Waals surface area contributed by atoms with Gasteiger partial charge in [-0.25, -0.2) is 0 Å². The van der Waals surface area contributed by atoms with Crippen LogP contribution in [0.3, 0.4) is 0 Å². The van der Waals surface area contributed by atoms with Gasteiger partial charge >= 0.3 is 5.97 Å². The van der Waals surface area contributed by atoms with Crippen molar-refractivity contribution in [1.29, 1.82) is 0 Å². The standard InChI is InChI=1S/C11H18N2O6S/c1-11(2,5-7(12)9(14)15)10(16)13-3-4-19-8(6-13)20(17)18/h7H,3-6,12H2,1-2H3,(H,14,15). The van der Waals surface area contributed by atoms with Crippen molar-refractivity contribution in [2.45, 2.75) is 26.3 Å². The molecule has 1 amide bonds. The number of amides is 1. The number of hydrogen-bond acceptors (Lipinski definition) is 6. The van der Waals surface area contributed by atoms with Crippen LogP contribution in [0.1, 0.15) is 20.3 Å². The number of aliphatic carboxylic acids is 1. The molecule has 0 aliphatic carbocycles. The van der Waals surface area contributed by atoms with Crippen molar-refractivity contribution in [2.75, 3.05) is 19.7 Å². The Bertz CT molecular complexity index is 531. The van der Waals surface area contributed by atoms with Crippen molar-refractivity contribution >= 4 is 27.2 Å². The minimum absolute atomic E-state index is 0.0334. The Hall–Kier alpha value is -1.45. The van der Waals surface area contributed by atoms with Crippen molar-refractivity contribution in [1.82, 2.24) is 4.90 Å². The fourth-order valence-electron chi connectivity index (χ4n) is 1.98. The molecule has 0 aromatic carbocycles. The predicted molar refractivity (Wildman–Crippen MR) is 70.5 cm³/mol. The van der Waals surface area contributed by atoms with E-state index in [1.165, 1.54) is 4.90 Å². The first kappa shape index (κ1) is 16.6. The van der Waals surface area contributed by atoms with Gasteiger partial charge in [0.25, 0.3) is 0 Å². The molecule has 0 aromatic heterocycles. The molecule has 1 fully saturated rings. The van der Waals surface area contributed by atoms with Gasteiger partial charge in [-0.1, -0.05) is 13.8 Å². The highest BCUT2D eigenvalue weighted by molar-refractivity contribution is 7.72. The van der Waals surface area contributed by atoms with Gasteiger partial charge in [-0.2, -0.15) is 8.42 Å². The molecule has 0 radical (unpaired) electrons. The summed E-state index contributed by atoms with van der Waals surface area (Å²) in [6, 6.07) is -1.15. The molecule has 1 rings (SSSR count). The fourth-order valence-corrected chi connectivity index (χ4v) is 2.42. The number of rotatable bonds is 4. The van der Waals surface area contributed by atoms with E-state index in [9.17, 15) is 18.0 Å². The zero-order valence-electron chi connectivity index (χ0n) is 11.3. The van der Waals surface area contributed by atoms with Crippen LogP contribution >= 0.6 is 0 Å². The molecule has 8 nitrogen and oxygen atoms in total. The van der Waals surface area contributed by atoms with Gasteiger partial charge in [0, 0.05) is 12.0 Å². The number of carboxylic acid groups (broad SMARTS) is 1. The van der Waals surface area contributed by atoms with E-state index in [2.05, 4.69) is 0 Å². The van der Waals surface area contributed by atoms with E-state index in [-0.39, 0.29) is 37.1 Å². The van der Waals surface area contributed by atoms with Crippen LogP contribution in [0.15, 0.2) is 0 Å². The SMILES string of the molecule is CC(C)(CC(N)C(=O)O)C(=O)N1CCOC(=S(=O)=O)C1. The molecule has 1 aliphatic rings. The Kier molecular flexibility index (Phi) is 5.26. The number of ether oxygens (including phenoxy) is 1. The van der Waals surface area contributed by atoms with Crippen molar-refractivity contribution in [3.8, 4) is 0 Å². The topological polar surface area (TPSA) is 127 Å². The van der Waals surface area contributed by atoms with Crippen molar-refractivity contribution in [2.24, 2.45) is 11.1 Å². The van der Waals surface area contributed by atoms with E-state index in [1.54, 1.807) is 13.8 Å². The highest BCUT2D eigenvalue weighted by atomic mass is 32.2. The van der Waals surface area contributed by atoms with Crippen LogP contribution in [-0.2, 0) is 24.6 Å². The molecular weight excluding hydrogens is 288 g/mol. The first-order chi connectivity index (χ1) is 9.15. The molecule has 114 valence electrons. The summed E-state index contributed by atoms with van der Waals surface area (Å²) >= 11 is 0. The van der Waals surface area contributed by atoms with Crippen molar-refractivity contribution in [3.05, 3.63) is 0 Å². The highest BCUT2D eigenvalue weighted by Crippen LogP contribution is 2.25. The van der Waals surface area contributed by atoms with Gasteiger partial charge in [0.05, 0.1) is 13.2 Å². The van der Waals surface area contributed by atoms with Crippen molar-refractivity contribution < 1.29 is 27.9 Å². The lowest BCUT2D eigenvalue weighted by atomic mass is 9.84. The lowest BCUT2D eigenvalue weighted by molar-refractivity contribution is -0.144. The van der Waals surface area contributed by atoms with Crippen molar-refractivity contribution in [3.63, 3.8) is 0 Å². The van der Waals surface area contributed by atoms with Gasteiger partial charge in [0.2, 0.25) is 16.2 Å². The second kappa shape index (κ2) is 6.33. The molecule has 0 bridgehead atoms. The Balaban J connectivity index is 2.83. The molecule has 1 saturated heterocycles. The molecule has 1 aliphatic heterocycles. The van der Waals surface area contributed by atoms with Gasteiger partial charge in [-0.3, -0.25) is 9.59 Å². The number of morpholine rings is 1. The molecule has 0 saturated carbocycles. The van der Waals surface area contributed by atoms with Gasteiger partial charge in [-0.05, 0) is 6.42 Å². The molecule has 1 heterocycles. The van der Waals surface area contributed by atoms with Crippen LogP contribution in [0.2, 0.25) is 0 Å². The summed E-state index contributed by atoms with van der Waals surface area (Å²) in [7, 11) is -2.50. The average Bonchev–Trinajstić information content (AvgIpc) is 2.37. The highest BCUT2D eigenvalue weighted by Gasteiger charge is 2.36. The van der Waals surface area contributed by atoms with E-state index in [1.807, 2.05) is 0 Å². The van der Waals surface area contributed by atoms with Crippen LogP contribution in [0.4, 0.5) is 0 Å². The van der Waals surface area contributed by atoms with Crippen LogP contribution in [0.5, 0.6) is 0 Å². The van der Waals surface area contributed by atoms with Gasteiger partial charge in [0.1, 0.15) is 6.04 Å². The molecule has 9 heteroatoms. The summed E-state index contributed by atoms with van der Waals surface area (Å²) in [6.45, 7) is 3.38. The summed E-state index contributed by atoms with van der Waals surface area (Å²) in [4.78, 5) is 24.5. The maximum Gasteiger partial charge on any atom is 0.320 e. The summed E-state index contributed by atoms with van der Waals surface area (Å²) in [5.41, 5.74) is 4.45. The Labute approximate surface area is 118 Å². The minimum atomic E-state index is -2.50. The summed E-state index contributed by atoms with van der Waals surface area (Å²) in [6.07, 6.45) is -0.0334. The molecule has 0 aromatic rings. The zero-order chi connectivity index (χ0) is 15.5. The fraction of sp³-hybridized carbons (Fsp3) is 0.727. The number of nitrogens with two attached hydrogens (primary N) is 1. The maximum absolute atomic E-state index is 12.4. The Morgan fingerprint density at radius 1 is 1.50 bits per heavy atom. The Morgan fingerprint density at radius 2 is 2.10 bits per heavy atom. The largest absolute Gasteiger partial charge is 0.480 e. The first-order valence-electron chi connectivity index (χ1n) is 6.01. The third kappa shape index (κ3) is 4.02. The number of carbonyl (C=O) groups is 2. The molecule has 20 heavy (non-hydrogen) atoms. The first-order valence-corrected chi connectivity index (χ1v) is 7.08. The zero-order valence-corrected chi connectivity index (χ0v) is 12.1. The van der Waals surface area contributed by atoms with Crippen LogP contribution in [0, 0.1) is 5.41 Å². The van der Waals surface area contributed by atoms with E-state index < -0.39 is 27.7 Å². The maximum atomic E-state index is 12.4. The van der Waals surface area contributed by atoms with E-state index in [0.717, 1.165) is 0 Å². The number of carbonyl (C=O) groups excluding carboxylic acids is 1. The molecular formula is C11H18N2O6S. The van der Waals surface area contributed by atoms with E-state index >= 15 is 0 Å². The number of carboxylic acids is 1. The van der Waals surface area contributed by atoms with E-state index in [0.29, 0.717) is 0 Å². The third-order valence-corrected chi connectivity index (χ3v) is 3.66. The third-order valence-electron chi connectivity index (χ3n) is 3.04. The average molecular weight is 306 g/mol. The number of hydrogen-bond donors (Lipinski definition) is 2. The van der Waals surface area contributed by atoms with Gasteiger partial charge in [-0.15, -0.1) is 0 Å². The lowest BCUT2D eigenvalue weighted by Crippen LogP contribution is -2.50. The van der Waals surface area contributed by atoms with Gasteiger partial charge in [0.15, 0.2) is 5.05 Å². The number of nitrogens with zero attached hydrogens (tertiary/aromatic N) is 1. The normalized spacial score (nSPS) is 17.8.